The third-order valence-corrected chi connectivity index (χ3v) is 7.64. The Bertz CT molecular complexity index is 376. The maximum atomic E-state index is 5.37. The molecule has 3 aliphatic rings. The van der Waals surface area contributed by atoms with Gasteiger partial charge in [0.05, 0.1) is 0 Å². The Morgan fingerprint density at radius 1 is 0.593 bits per heavy atom. The van der Waals surface area contributed by atoms with Gasteiger partial charge in [0.2, 0.25) is 0 Å². The normalized spacial score (nSPS) is 42.7. The summed E-state index contributed by atoms with van der Waals surface area (Å²) in [4.78, 5) is 0. The first kappa shape index (κ1) is 24.5. The first-order valence-electron chi connectivity index (χ1n) is 11.3. The third-order valence-electron chi connectivity index (χ3n) is 7.64. The summed E-state index contributed by atoms with van der Waals surface area (Å²) in [6.07, 6.45) is 13.4. The van der Waals surface area contributed by atoms with Crippen molar-refractivity contribution >= 4 is 18.6 Å². The molecule has 0 aromatic carbocycles. The summed E-state index contributed by atoms with van der Waals surface area (Å²) in [6, 6.07) is 2.34. The fourth-order valence-electron chi connectivity index (χ4n) is 5.29. The van der Waals surface area contributed by atoms with Crippen molar-refractivity contribution in [1.82, 2.24) is 0 Å². The molecule has 0 heterocycles. The van der Waals surface area contributed by atoms with Gasteiger partial charge in [-0.25, -0.2) is 0 Å². The molecular formula is C22H40Cl2N2Ti-2. The van der Waals surface area contributed by atoms with Crippen LogP contribution in [0.2, 0.25) is 0 Å². The van der Waals surface area contributed by atoms with Gasteiger partial charge < -0.3 is 10.6 Å². The second kappa shape index (κ2) is 12.8. The summed E-state index contributed by atoms with van der Waals surface area (Å²) in [7, 11) is 9.78. The average molecular weight is 451 g/mol. The summed E-state index contributed by atoms with van der Waals surface area (Å²) in [5.41, 5.74) is 0. The molecule has 2 nitrogen and oxygen atoms in total. The van der Waals surface area contributed by atoms with Gasteiger partial charge in [-0.3, -0.25) is 0 Å². The van der Waals surface area contributed by atoms with Crippen molar-refractivity contribution in [3.63, 3.8) is 0 Å². The molecule has 3 rings (SSSR count). The zero-order valence-electron chi connectivity index (χ0n) is 17.8. The molecule has 27 heavy (non-hydrogen) atoms. The van der Waals surface area contributed by atoms with E-state index in [2.05, 4.69) is 27.7 Å². The molecule has 0 N–H and O–H groups in total. The molecule has 8 atom stereocenters. The molecule has 3 fully saturated rings. The topological polar surface area (TPSA) is 28.2 Å². The van der Waals surface area contributed by atoms with Gasteiger partial charge in [0.15, 0.2) is 0 Å². The molecule has 8 unspecified atom stereocenters. The SMILES string of the molecule is CC1CCC([N-]C2CCCCC2[N-]C2CCC(C)C(C)C2)CC1C.[Cl][Ti][Cl]. The monoisotopic (exact) mass is 450 g/mol. The van der Waals surface area contributed by atoms with Crippen LogP contribution in [0, 0.1) is 23.7 Å². The zero-order valence-corrected chi connectivity index (χ0v) is 20.9. The van der Waals surface area contributed by atoms with E-state index < -0.39 is 17.0 Å². The summed E-state index contributed by atoms with van der Waals surface area (Å²) in [6.45, 7) is 9.70. The van der Waals surface area contributed by atoms with Crippen LogP contribution in [0.4, 0.5) is 0 Å². The van der Waals surface area contributed by atoms with Crippen LogP contribution in [-0.4, -0.2) is 24.2 Å². The molecule has 0 saturated heterocycles. The molecule has 0 radical (unpaired) electrons. The Labute approximate surface area is 185 Å². The van der Waals surface area contributed by atoms with Crippen LogP contribution in [0.25, 0.3) is 10.6 Å². The molecular weight excluding hydrogens is 411 g/mol. The van der Waals surface area contributed by atoms with E-state index >= 15 is 0 Å². The predicted octanol–water partition coefficient (Wildman–Crippen LogP) is 8.07. The molecule has 0 aromatic rings. The Kier molecular flexibility index (Phi) is 11.6. The molecule has 3 saturated carbocycles. The van der Waals surface area contributed by atoms with Crippen LogP contribution >= 0.6 is 18.6 Å². The second-order valence-electron chi connectivity index (χ2n) is 9.63. The van der Waals surface area contributed by atoms with E-state index in [9.17, 15) is 0 Å². The van der Waals surface area contributed by atoms with Gasteiger partial charge in [-0.2, -0.15) is 12.1 Å². The second-order valence-corrected chi connectivity index (χ2v) is 12.2. The molecule has 0 aliphatic heterocycles. The quantitative estimate of drug-likeness (QED) is 0.387. The van der Waals surface area contributed by atoms with Crippen molar-refractivity contribution in [2.24, 2.45) is 23.7 Å². The molecule has 0 amide bonds. The van der Waals surface area contributed by atoms with Crippen LogP contribution in [0.15, 0.2) is 0 Å². The van der Waals surface area contributed by atoms with Gasteiger partial charge in [0.25, 0.3) is 0 Å². The molecule has 0 spiro atoms. The summed E-state index contributed by atoms with van der Waals surface area (Å²) in [5, 5.41) is 10.7. The maximum absolute atomic E-state index is 5.37. The van der Waals surface area contributed by atoms with Crippen LogP contribution in [0.5, 0.6) is 0 Å². The van der Waals surface area contributed by atoms with E-state index in [0.717, 1.165) is 23.7 Å². The van der Waals surface area contributed by atoms with E-state index in [1.165, 1.54) is 64.2 Å². The number of halogens is 2. The van der Waals surface area contributed by atoms with Crippen molar-refractivity contribution in [1.29, 1.82) is 0 Å². The van der Waals surface area contributed by atoms with Crippen molar-refractivity contribution < 1.29 is 17.0 Å². The Balaban J connectivity index is 0.000000817. The fourth-order valence-corrected chi connectivity index (χ4v) is 5.29. The van der Waals surface area contributed by atoms with Crippen LogP contribution < -0.4 is 0 Å². The van der Waals surface area contributed by atoms with Gasteiger partial charge >= 0.3 is 35.6 Å². The van der Waals surface area contributed by atoms with Gasteiger partial charge in [0.1, 0.15) is 0 Å². The Morgan fingerprint density at radius 3 is 1.30 bits per heavy atom. The third kappa shape index (κ3) is 8.10. The van der Waals surface area contributed by atoms with Gasteiger partial charge in [0, 0.05) is 0 Å². The number of hydrogen-bond acceptors (Lipinski definition) is 0. The van der Waals surface area contributed by atoms with E-state index in [1.54, 1.807) is 0 Å². The molecule has 0 aromatic heterocycles. The molecule has 3 aliphatic carbocycles. The van der Waals surface area contributed by atoms with E-state index in [4.69, 9.17) is 29.2 Å². The van der Waals surface area contributed by atoms with Crippen molar-refractivity contribution in [3.05, 3.63) is 10.6 Å². The summed E-state index contributed by atoms with van der Waals surface area (Å²) in [5.74, 6) is 3.50. The van der Waals surface area contributed by atoms with E-state index in [1.807, 2.05) is 0 Å². The fraction of sp³-hybridized carbons (Fsp3) is 1.00. The van der Waals surface area contributed by atoms with E-state index in [-0.39, 0.29) is 0 Å². The van der Waals surface area contributed by atoms with Crippen molar-refractivity contribution in [3.8, 4) is 0 Å². The number of hydrogen-bond donors (Lipinski definition) is 0. The first-order chi connectivity index (χ1) is 12.9. The predicted molar refractivity (Wildman–Crippen MR) is 116 cm³/mol. The number of nitrogens with zero attached hydrogens (tertiary/aromatic N) is 2. The standard InChI is InChI=1S/C22H40N2.2ClH.Ti/c1-15-9-11-19(13-17(15)3)23-21-7-5-6-8-22(21)24-20-12-10-16(2)18(4)14-20;;;/h15-22H,5-14H2,1-4H3;2*1H;/q-2;;;+2/p-2. The minimum absolute atomic E-state index is 0.541. The van der Waals surface area contributed by atoms with Gasteiger partial charge in [-0.15, -0.1) is 12.1 Å². The first-order valence-corrected chi connectivity index (χ1v) is 15.6. The van der Waals surface area contributed by atoms with E-state index in [0.29, 0.717) is 24.2 Å². The molecule has 158 valence electrons. The van der Waals surface area contributed by atoms with Gasteiger partial charge in [-0.1, -0.05) is 91.9 Å². The van der Waals surface area contributed by atoms with Crippen molar-refractivity contribution in [2.75, 3.05) is 0 Å². The minimum atomic E-state index is -0.556. The average Bonchev–Trinajstić information content (AvgIpc) is 2.64. The zero-order chi connectivity index (χ0) is 19.8. The summed E-state index contributed by atoms with van der Waals surface area (Å²) >= 11 is -0.556. The van der Waals surface area contributed by atoms with Crippen LogP contribution in [-0.2, 0) is 17.0 Å². The summed E-state index contributed by atoms with van der Waals surface area (Å²) < 4.78 is 0. The Hall–Kier alpha value is 1.21. The number of rotatable bonds is 4. The molecule has 5 heteroatoms. The Morgan fingerprint density at radius 2 is 0.963 bits per heavy atom. The van der Waals surface area contributed by atoms with Crippen molar-refractivity contribution in [2.45, 2.75) is 116 Å². The molecule has 0 bridgehead atoms. The van der Waals surface area contributed by atoms with Crippen LogP contribution in [0.1, 0.15) is 91.9 Å². The van der Waals surface area contributed by atoms with Gasteiger partial charge in [-0.05, 0) is 23.7 Å². The van der Waals surface area contributed by atoms with Crippen LogP contribution in [0.3, 0.4) is 0 Å².